The number of carbonyl (C=O) groups is 4. The number of allylic oxidation sites excluding steroid dienone is 1. The van der Waals surface area contributed by atoms with E-state index in [4.69, 9.17) is 22.1 Å². The number of fused-ring (bicyclic) bond motifs is 3. The van der Waals surface area contributed by atoms with E-state index in [1.54, 1.807) is 56.2 Å². The molecule has 45 heavy (non-hydrogen) atoms. The van der Waals surface area contributed by atoms with Gasteiger partial charge in [0.25, 0.3) is 0 Å². The summed E-state index contributed by atoms with van der Waals surface area (Å²) in [6.07, 6.45) is -2.24. The summed E-state index contributed by atoms with van der Waals surface area (Å²) in [4.78, 5) is 55.7. The highest BCUT2D eigenvalue weighted by Crippen LogP contribution is 2.53. The number of amides is 2. The van der Waals surface area contributed by atoms with Gasteiger partial charge in [-0.15, -0.1) is 0 Å². The van der Waals surface area contributed by atoms with Crippen molar-refractivity contribution in [3.05, 3.63) is 63.4 Å². The first-order valence-corrected chi connectivity index (χ1v) is 14.6. The summed E-state index contributed by atoms with van der Waals surface area (Å²) in [6, 6.07) is 6.77. The van der Waals surface area contributed by atoms with Crippen LogP contribution in [0.1, 0.15) is 27.9 Å². The quantitative estimate of drug-likeness (QED) is 0.248. The molecule has 0 saturated heterocycles. The molecule has 2 unspecified atom stereocenters. The van der Waals surface area contributed by atoms with Crippen molar-refractivity contribution in [1.82, 2.24) is 10.2 Å². The molecule has 14 heteroatoms. The highest BCUT2D eigenvalue weighted by atomic mass is 35.5. The Labute approximate surface area is 263 Å². The lowest BCUT2D eigenvalue weighted by Crippen LogP contribution is -2.71. The van der Waals surface area contributed by atoms with E-state index in [0.29, 0.717) is 16.3 Å². The first kappa shape index (κ1) is 32.2. The molecule has 1 fully saturated rings. The number of carbonyl (C=O) groups excluding carboxylic acids is 4. The van der Waals surface area contributed by atoms with Crippen molar-refractivity contribution in [3.8, 4) is 11.5 Å². The first-order valence-electron chi connectivity index (χ1n) is 14.2. The van der Waals surface area contributed by atoms with Crippen LogP contribution >= 0.6 is 11.6 Å². The summed E-state index contributed by atoms with van der Waals surface area (Å²) in [7, 11) is 6.69. The number of primary amides is 1. The molecule has 0 radical (unpaired) electrons. The third kappa shape index (κ3) is 5.19. The number of benzene rings is 2. The van der Waals surface area contributed by atoms with Crippen LogP contribution in [0, 0.1) is 17.8 Å². The van der Waals surface area contributed by atoms with Crippen LogP contribution in [0.3, 0.4) is 0 Å². The van der Waals surface area contributed by atoms with Crippen molar-refractivity contribution in [1.29, 1.82) is 0 Å². The number of phenolic OH excluding ortho intramolecular Hbond substituents is 1. The van der Waals surface area contributed by atoms with Gasteiger partial charge < -0.3 is 46.0 Å². The Morgan fingerprint density at radius 1 is 1.13 bits per heavy atom. The zero-order valence-corrected chi connectivity index (χ0v) is 25.8. The van der Waals surface area contributed by atoms with Crippen LogP contribution in [-0.2, 0) is 22.6 Å². The van der Waals surface area contributed by atoms with Gasteiger partial charge in [0.1, 0.15) is 23.2 Å². The van der Waals surface area contributed by atoms with Crippen molar-refractivity contribution in [2.45, 2.75) is 37.1 Å². The number of nitrogens with one attached hydrogen (secondary N) is 1. The minimum Gasteiger partial charge on any atom is -0.508 e. The zero-order valence-electron chi connectivity index (χ0n) is 25.1. The molecule has 0 bridgehead atoms. The third-order valence-corrected chi connectivity index (χ3v) is 9.33. The Balaban J connectivity index is 1.55. The van der Waals surface area contributed by atoms with Crippen LogP contribution in [0.2, 0.25) is 5.02 Å². The maximum Gasteiger partial charge on any atom is 0.412 e. The fourth-order valence-electron chi connectivity index (χ4n) is 7.05. The van der Waals surface area contributed by atoms with Crippen LogP contribution < -0.4 is 20.7 Å². The molecule has 0 aromatic heterocycles. The predicted molar refractivity (Wildman–Crippen MR) is 162 cm³/mol. The number of Topliss-reactive ketones (excluding diaryl/α,β-unsaturated/α-hetero) is 2. The van der Waals surface area contributed by atoms with E-state index in [9.17, 15) is 39.6 Å². The van der Waals surface area contributed by atoms with Gasteiger partial charge in [-0.1, -0.05) is 11.6 Å². The number of rotatable bonds is 6. The molecule has 6 atom stereocenters. The molecular weight excluding hydrogens is 608 g/mol. The van der Waals surface area contributed by atoms with Gasteiger partial charge >= 0.3 is 6.09 Å². The predicted octanol–water partition coefficient (Wildman–Crippen LogP) is 1.29. The minimum absolute atomic E-state index is 0.00563. The van der Waals surface area contributed by atoms with Crippen LogP contribution in [0.25, 0.3) is 0 Å². The Hall–Kier alpha value is -4.17. The fourth-order valence-corrected chi connectivity index (χ4v) is 7.18. The molecule has 2 aromatic rings. The van der Waals surface area contributed by atoms with Gasteiger partial charge in [-0.2, -0.15) is 0 Å². The number of aliphatic hydroxyl groups excluding tert-OH is 2. The van der Waals surface area contributed by atoms with Crippen LogP contribution in [0.5, 0.6) is 11.5 Å². The van der Waals surface area contributed by atoms with E-state index in [1.165, 1.54) is 12.1 Å². The van der Waals surface area contributed by atoms with Gasteiger partial charge in [0.05, 0.1) is 11.7 Å². The molecule has 3 aliphatic rings. The molecule has 7 N–H and O–H groups in total. The molecule has 5 rings (SSSR count). The average Bonchev–Trinajstić information content (AvgIpc) is 2.95. The first-order chi connectivity index (χ1) is 21.1. The van der Waals surface area contributed by atoms with Crippen molar-refractivity contribution >= 4 is 40.9 Å². The minimum atomic E-state index is -2.68. The second-order valence-electron chi connectivity index (χ2n) is 12.1. The van der Waals surface area contributed by atoms with Gasteiger partial charge in [0, 0.05) is 54.4 Å². The average molecular weight is 643 g/mol. The monoisotopic (exact) mass is 642 g/mol. The third-order valence-electron chi connectivity index (χ3n) is 9.08. The summed E-state index contributed by atoms with van der Waals surface area (Å²) in [5, 5.41) is 48.8. The van der Waals surface area contributed by atoms with Crippen molar-refractivity contribution in [2.75, 3.05) is 33.1 Å². The number of nitrogens with two attached hydrogens (primary N) is 1. The summed E-state index contributed by atoms with van der Waals surface area (Å²) in [5.41, 5.74) is 3.55. The van der Waals surface area contributed by atoms with Crippen LogP contribution in [-0.4, -0.2) is 94.8 Å². The molecule has 240 valence electrons. The Kier molecular flexibility index (Phi) is 8.34. The van der Waals surface area contributed by atoms with Crippen molar-refractivity contribution < 1.29 is 44.3 Å². The smallest absolute Gasteiger partial charge is 0.412 e. The molecule has 2 aromatic carbocycles. The normalized spacial score (nSPS) is 27.4. The van der Waals surface area contributed by atoms with Gasteiger partial charge in [-0.25, -0.2) is 4.79 Å². The number of halogens is 1. The maximum absolute atomic E-state index is 14.1. The number of hydrogen-bond acceptors (Lipinski definition) is 11. The number of phenols is 1. The summed E-state index contributed by atoms with van der Waals surface area (Å²) in [5.74, 6) is -7.93. The van der Waals surface area contributed by atoms with E-state index in [1.807, 2.05) is 0 Å². The highest BCUT2D eigenvalue weighted by Gasteiger charge is 2.66. The van der Waals surface area contributed by atoms with Gasteiger partial charge in [-0.3, -0.25) is 14.4 Å². The molecular formula is C31H35ClN4O9. The highest BCUT2D eigenvalue weighted by molar-refractivity contribution is 6.30. The molecule has 3 aliphatic carbocycles. The largest absolute Gasteiger partial charge is 0.508 e. The lowest BCUT2D eigenvalue weighted by atomic mass is 9.56. The number of aromatic hydroxyl groups is 1. The molecule has 0 heterocycles. The Bertz CT molecular complexity index is 1620. The number of ketones is 2. The van der Waals surface area contributed by atoms with E-state index in [0.717, 1.165) is 0 Å². The van der Waals surface area contributed by atoms with Crippen LogP contribution in [0.4, 0.5) is 10.5 Å². The van der Waals surface area contributed by atoms with E-state index < -0.39 is 70.6 Å². The summed E-state index contributed by atoms with van der Waals surface area (Å²) < 4.78 is 5.24. The van der Waals surface area contributed by atoms with E-state index in [-0.39, 0.29) is 41.8 Å². The molecule has 13 nitrogen and oxygen atoms in total. The van der Waals surface area contributed by atoms with E-state index in [2.05, 4.69) is 5.32 Å². The summed E-state index contributed by atoms with van der Waals surface area (Å²) in [6.45, 7) is -0.235. The van der Waals surface area contributed by atoms with Gasteiger partial charge in [0.2, 0.25) is 5.91 Å². The topological polar surface area (TPSA) is 203 Å². The Morgan fingerprint density at radius 3 is 2.36 bits per heavy atom. The standard InChI is InChI=1S/C31H35ClN4O9/c1-35(2)19-11-14(12-34-30(43)45-16-7-5-15(32)6-8-16)24(37)21-17(19)9-13-10-18-23(36(3)4)26(39)22(29(33)42)28(41)31(18,44)27(40)20(13)25(21)38/h5-8,11,13,18,22-23,26,37,39-40,44H,9-10,12H2,1-4H3,(H2,33,42)(H,34,43)/t13-,18-,22?,23-,26?,31-/m0/s1. The van der Waals surface area contributed by atoms with Gasteiger partial charge in [-0.05, 0) is 68.8 Å². The number of anilines is 1. The van der Waals surface area contributed by atoms with Gasteiger partial charge in [0.15, 0.2) is 17.2 Å². The number of nitrogens with zero attached hydrogens (tertiary/aromatic N) is 2. The Morgan fingerprint density at radius 2 is 1.78 bits per heavy atom. The molecule has 1 saturated carbocycles. The number of ether oxygens (including phenoxy) is 1. The van der Waals surface area contributed by atoms with Crippen LogP contribution in [0.15, 0.2) is 41.7 Å². The summed E-state index contributed by atoms with van der Waals surface area (Å²) >= 11 is 5.87. The van der Waals surface area contributed by atoms with Crippen molar-refractivity contribution in [3.63, 3.8) is 0 Å². The second-order valence-corrected chi connectivity index (χ2v) is 12.6. The molecule has 0 spiro atoms. The van der Waals surface area contributed by atoms with Crippen molar-refractivity contribution in [2.24, 2.45) is 23.5 Å². The SMILES string of the molecule is CN(C)c1cc(CNC(=O)Oc2ccc(Cl)cc2)c(O)c2c1C[C@H]1C[C@H]3[C@H](N(C)C)C(O)C(C(N)=O)C(=O)[C@@]3(O)C(O)=C1C2=O. The number of likely N-dealkylation sites (N-methyl/N-ethyl adjacent to an activating group) is 1. The van der Waals surface area contributed by atoms with E-state index >= 15 is 0 Å². The molecule has 0 aliphatic heterocycles. The number of aliphatic hydroxyl groups is 3. The lowest BCUT2D eigenvalue weighted by Gasteiger charge is -2.53. The lowest BCUT2D eigenvalue weighted by molar-refractivity contribution is -0.178. The zero-order chi connectivity index (χ0) is 33.1. The molecule has 2 amide bonds. The second kappa shape index (κ2) is 11.6. The maximum atomic E-state index is 14.1. The number of hydrogen-bond donors (Lipinski definition) is 6. The fraction of sp³-hybridized carbons (Fsp3) is 0.419.